The molecule has 0 radical (unpaired) electrons. The van der Waals surface area contributed by atoms with E-state index >= 15 is 0 Å². The van der Waals surface area contributed by atoms with E-state index in [-0.39, 0.29) is 0 Å². The smallest absolute Gasteiger partial charge is 0.233 e. The summed E-state index contributed by atoms with van der Waals surface area (Å²) in [6.45, 7) is 0. The topological polar surface area (TPSA) is 104 Å². The van der Waals surface area contributed by atoms with Crippen LogP contribution < -0.4 is 0 Å². The van der Waals surface area contributed by atoms with Crippen LogP contribution in [-0.2, 0) is 10.0 Å². The molecule has 0 aromatic heterocycles. The maximum atomic E-state index is 10.3. The first-order chi connectivity index (χ1) is 4.39. The molecule has 0 aliphatic rings. The number of hydrazine groups is 1. The molecule has 0 atom stereocenters. The van der Waals surface area contributed by atoms with Crippen molar-refractivity contribution < 1.29 is 13.5 Å². The van der Waals surface area contributed by atoms with Crippen LogP contribution in [0, 0.1) is 21.6 Å². The number of rotatable bonds is 2. The first-order valence-electron chi connectivity index (χ1n) is 1.94. The molecule has 56 valence electrons. The van der Waals surface area contributed by atoms with Crippen molar-refractivity contribution >= 4 is 10.0 Å². The first-order valence-corrected chi connectivity index (χ1v) is 3.78. The van der Waals surface area contributed by atoms with Crippen molar-refractivity contribution in [3.05, 3.63) is 10.1 Å². The van der Waals surface area contributed by atoms with Gasteiger partial charge in [0.1, 0.15) is 0 Å². The molecular weight excluding hydrogens is 162 g/mol. The summed E-state index contributed by atoms with van der Waals surface area (Å²) in [6.07, 6.45) is 1.46. The molecule has 0 N–H and O–H groups in total. The van der Waals surface area contributed by atoms with E-state index in [4.69, 9.17) is 5.26 Å². The van der Waals surface area contributed by atoms with Crippen LogP contribution in [-0.4, -0.2) is 24.1 Å². The van der Waals surface area contributed by atoms with Gasteiger partial charge in [-0.1, -0.05) is 0 Å². The summed E-state index contributed by atoms with van der Waals surface area (Å²) in [5.74, 6) is 0. The van der Waals surface area contributed by atoms with E-state index in [1.807, 2.05) is 0 Å². The Bertz CT molecular complexity index is 273. The maximum absolute atomic E-state index is 10.3. The fourth-order valence-electron chi connectivity index (χ4n) is 0.232. The van der Waals surface area contributed by atoms with Gasteiger partial charge in [0, 0.05) is 0 Å². The summed E-state index contributed by atoms with van der Waals surface area (Å²) in [5.41, 5.74) is 0. The summed E-state index contributed by atoms with van der Waals surface area (Å²) in [5, 5.41) is 16.3. The molecule has 0 spiro atoms. The molecule has 7 nitrogen and oxygen atoms in total. The lowest BCUT2D eigenvalue weighted by atomic mass is 11.4. The molecule has 0 bridgehead atoms. The lowest BCUT2D eigenvalue weighted by molar-refractivity contribution is -0.601. The van der Waals surface area contributed by atoms with E-state index in [1.165, 1.54) is 0 Å². The third-order valence-corrected chi connectivity index (χ3v) is 1.39. The molecule has 0 saturated carbocycles. The minimum absolute atomic E-state index is 0.521. The second kappa shape index (κ2) is 2.49. The zero-order valence-corrected chi connectivity index (χ0v) is 5.70. The van der Waals surface area contributed by atoms with Gasteiger partial charge in [-0.3, -0.25) is 0 Å². The molecule has 0 aliphatic heterocycles. The summed E-state index contributed by atoms with van der Waals surface area (Å²) in [4.78, 5) is 9.71. The number of nitro groups is 1. The fraction of sp³-hybridized carbons (Fsp3) is 0.500. The highest BCUT2D eigenvalue weighted by Crippen LogP contribution is 1.93. The minimum atomic E-state index is -4.04. The highest BCUT2D eigenvalue weighted by Gasteiger charge is 2.25. The van der Waals surface area contributed by atoms with E-state index in [9.17, 15) is 18.5 Å². The Hall–Kier alpha value is -1.36. The molecule has 0 aliphatic carbocycles. The Balaban J connectivity index is 4.78. The predicted octanol–water partition coefficient (Wildman–Crippen LogP) is -1.08. The summed E-state index contributed by atoms with van der Waals surface area (Å²) >= 11 is 0. The quantitative estimate of drug-likeness (QED) is 0.224. The van der Waals surface area contributed by atoms with Crippen LogP contribution in [0.2, 0.25) is 0 Å². The van der Waals surface area contributed by atoms with Gasteiger partial charge in [-0.2, -0.15) is 5.26 Å². The van der Waals surface area contributed by atoms with Crippen molar-refractivity contribution in [1.29, 1.82) is 5.26 Å². The van der Waals surface area contributed by atoms with Crippen LogP contribution in [0.4, 0.5) is 0 Å². The Morgan fingerprint density at radius 1 is 1.70 bits per heavy atom. The lowest BCUT2D eigenvalue weighted by Gasteiger charge is -1.98. The number of hydrogen-bond acceptors (Lipinski definition) is 5. The average molecular weight is 165 g/mol. The van der Waals surface area contributed by atoms with Crippen LogP contribution in [0.15, 0.2) is 0 Å². The van der Waals surface area contributed by atoms with Crippen LogP contribution in [0.25, 0.3) is 0 Å². The largest absolute Gasteiger partial charge is 0.297 e. The molecule has 0 aromatic rings. The average Bonchev–Trinajstić information content (AvgIpc) is 1.60. The summed E-state index contributed by atoms with van der Waals surface area (Å²) < 4.78 is 20.0. The van der Waals surface area contributed by atoms with Gasteiger partial charge in [0.25, 0.3) is 16.2 Å². The van der Waals surface area contributed by atoms with E-state index in [1.54, 1.807) is 0 Å². The summed E-state index contributed by atoms with van der Waals surface area (Å²) in [6, 6.07) is 0. The first kappa shape index (κ1) is 8.64. The van der Waals surface area contributed by atoms with Crippen LogP contribution >= 0.6 is 0 Å². The van der Waals surface area contributed by atoms with Crippen LogP contribution in [0.1, 0.15) is 0 Å². The van der Waals surface area contributed by atoms with E-state index in [2.05, 4.69) is 0 Å². The zero-order valence-electron chi connectivity index (χ0n) is 4.88. The SMILES string of the molecule is CS(=O)(=O)N(C#N)[N+](=O)[O-]. The monoisotopic (exact) mass is 165 g/mol. The molecule has 0 fully saturated rings. The van der Waals surface area contributed by atoms with Gasteiger partial charge >= 0.3 is 0 Å². The van der Waals surface area contributed by atoms with Gasteiger partial charge in [-0.25, -0.2) is 18.5 Å². The highest BCUT2D eigenvalue weighted by molar-refractivity contribution is 7.88. The number of sulfonamides is 1. The van der Waals surface area contributed by atoms with Gasteiger partial charge < -0.3 is 0 Å². The molecule has 0 unspecified atom stereocenters. The molecule has 10 heavy (non-hydrogen) atoms. The number of nitriles is 1. The number of nitrogens with zero attached hydrogens (tertiary/aromatic N) is 3. The van der Waals surface area contributed by atoms with E-state index in [0.29, 0.717) is 6.26 Å². The lowest BCUT2D eigenvalue weighted by Crippen LogP contribution is -2.30. The fourth-order valence-corrected chi connectivity index (χ4v) is 0.622. The highest BCUT2D eigenvalue weighted by atomic mass is 32.2. The van der Waals surface area contributed by atoms with E-state index < -0.39 is 19.5 Å². The third kappa shape index (κ3) is 1.87. The molecular formula is C2H3N3O4S. The van der Waals surface area contributed by atoms with Gasteiger partial charge in [-0.05, 0) is 0 Å². The van der Waals surface area contributed by atoms with Crippen molar-refractivity contribution in [3.8, 4) is 6.19 Å². The third-order valence-electron chi connectivity index (χ3n) is 0.548. The molecule has 0 aromatic carbocycles. The Morgan fingerprint density at radius 3 is 2.10 bits per heavy atom. The Kier molecular flexibility index (Phi) is 2.15. The van der Waals surface area contributed by atoms with Crippen LogP contribution in [0.3, 0.4) is 0 Å². The number of hydrogen-bond donors (Lipinski definition) is 0. The van der Waals surface area contributed by atoms with Gasteiger partial charge in [0.05, 0.1) is 10.7 Å². The molecule has 0 rings (SSSR count). The molecule has 8 heteroatoms. The minimum Gasteiger partial charge on any atom is -0.233 e. The predicted molar refractivity (Wildman–Crippen MR) is 29.3 cm³/mol. The Labute approximate surface area is 56.6 Å². The standard InChI is InChI=1S/C2H3N3O4S/c1-10(8,9)4(2-3)5(6)7/h1H3. The van der Waals surface area contributed by atoms with Crippen molar-refractivity contribution in [3.63, 3.8) is 0 Å². The summed E-state index contributed by atoms with van der Waals surface area (Å²) in [7, 11) is -4.04. The molecule has 0 amide bonds. The molecule has 0 heterocycles. The van der Waals surface area contributed by atoms with Gasteiger partial charge in [0.15, 0.2) is 5.03 Å². The van der Waals surface area contributed by atoms with Crippen molar-refractivity contribution in [2.24, 2.45) is 0 Å². The zero-order chi connectivity index (χ0) is 8.36. The van der Waals surface area contributed by atoms with Crippen LogP contribution in [0.5, 0.6) is 0 Å². The van der Waals surface area contributed by atoms with Crippen molar-refractivity contribution in [1.82, 2.24) is 4.41 Å². The van der Waals surface area contributed by atoms with Crippen molar-refractivity contribution in [2.45, 2.75) is 0 Å². The van der Waals surface area contributed by atoms with Crippen molar-refractivity contribution in [2.75, 3.05) is 6.26 Å². The Morgan fingerprint density at radius 2 is 2.10 bits per heavy atom. The van der Waals surface area contributed by atoms with Gasteiger partial charge in [0.2, 0.25) is 0 Å². The van der Waals surface area contributed by atoms with E-state index in [0.717, 1.165) is 6.19 Å². The molecule has 0 saturated heterocycles. The maximum Gasteiger partial charge on any atom is 0.297 e. The second-order valence-corrected chi connectivity index (χ2v) is 3.16. The van der Waals surface area contributed by atoms with Gasteiger partial charge in [-0.15, -0.1) is 0 Å². The second-order valence-electron chi connectivity index (χ2n) is 1.34. The normalized spacial score (nSPS) is 10.0.